The smallest absolute Gasteiger partial charge is 0.225 e. The third-order valence-electron chi connectivity index (χ3n) is 5.11. The highest BCUT2D eigenvalue weighted by Crippen LogP contribution is 2.31. The zero-order valence-electron chi connectivity index (χ0n) is 18.3. The first kappa shape index (κ1) is 23.6. The van der Waals surface area contributed by atoms with E-state index in [4.69, 9.17) is 4.74 Å². The minimum absolute atomic E-state index is 0.0242. The molecule has 2 aromatic rings. The lowest BCUT2D eigenvalue weighted by Gasteiger charge is -2.23. The summed E-state index contributed by atoms with van der Waals surface area (Å²) < 4.78 is 47.8. The highest BCUT2D eigenvalue weighted by Gasteiger charge is 2.23. The van der Waals surface area contributed by atoms with Crippen molar-refractivity contribution in [2.24, 2.45) is 5.41 Å². The Morgan fingerprint density at radius 1 is 1.16 bits per heavy atom. The van der Waals surface area contributed by atoms with Crippen molar-refractivity contribution in [1.29, 1.82) is 5.26 Å². The molecule has 0 aromatic heterocycles. The highest BCUT2D eigenvalue weighted by molar-refractivity contribution is 5.93. The van der Waals surface area contributed by atoms with Gasteiger partial charge < -0.3 is 15.0 Å². The molecule has 5 nitrogen and oxygen atoms in total. The molecule has 0 bridgehead atoms. The van der Waals surface area contributed by atoms with Crippen molar-refractivity contribution in [3.8, 4) is 6.07 Å². The molecule has 170 valence electrons. The van der Waals surface area contributed by atoms with Gasteiger partial charge in [0.05, 0.1) is 24.0 Å². The van der Waals surface area contributed by atoms with Crippen LogP contribution in [0.3, 0.4) is 0 Å². The fourth-order valence-corrected chi connectivity index (χ4v) is 3.71. The molecule has 0 spiro atoms. The monoisotopic (exact) mass is 445 g/mol. The Bertz CT molecular complexity index is 1020. The van der Waals surface area contributed by atoms with Gasteiger partial charge in [0.15, 0.2) is 0 Å². The van der Waals surface area contributed by atoms with Gasteiger partial charge >= 0.3 is 0 Å². The molecular formula is C24H26F3N3O2. The van der Waals surface area contributed by atoms with E-state index in [0.717, 1.165) is 6.07 Å². The van der Waals surface area contributed by atoms with Crippen LogP contribution in [0.4, 0.5) is 24.5 Å². The standard InChI is InChI=1S/C24H26F3N3O2/c1-24(2,3)13-22(31)29-23-16(14-28)10-19(12-20(23)27)30-5-4-21(32-7-6-30)15-8-17(25)11-18(26)9-15/h8-12,21H,4-7,13H2,1-3H3,(H,29,31)/t21-/m1/s1. The summed E-state index contributed by atoms with van der Waals surface area (Å²) in [5.74, 6) is -2.41. The van der Waals surface area contributed by atoms with Gasteiger partial charge in [-0.25, -0.2) is 13.2 Å². The molecule has 8 heteroatoms. The van der Waals surface area contributed by atoms with Gasteiger partial charge in [0.2, 0.25) is 5.91 Å². The Labute approximate surface area is 185 Å². The van der Waals surface area contributed by atoms with Crippen molar-refractivity contribution in [3.05, 3.63) is 58.9 Å². The number of amides is 1. The summed E-state index contributed by atoms with van der Waals surface area (Å²) in [7, 11) is 0. The van der Waals surface area contributed by atoms with Crippen molar-refractivity contribution < 1.29 is 22.7 Å². The first-order chi connectivity index (χ1) is 15.1. The summed E-state index contributed by atoms with van der Waals surface area (Å²) in [5, 5.41) is 12.0. The number of nitriles is 1. The van der Waals surface area contributed by atoms with Gasteiger partial charge in [-0.15, -0.1) is 0 Å². The molecule has 1 amide bonds. The number of carbonyl (C=O) groups excluding carboxylic acids is 1. The van der Waals surface area contributed by atoms with E-state index in [2.05, 4.69) is 5.32 Å². The van der Waals surface area contributed by atoms with Crippen molar-refractivity contribution in [2.45, 2.75) is 39.7 Å². The lowest BCUT2D eigenvalue weighted by Crippen LogP contribution is -2.26. The van der Waals surface area contributed by atoms with Crippen LogP contribution in [0.15, 0.2) is 30.3 Å². The van der Waals surface area contributed by atoms with Crippen molar-refractivity contribution in [2.75, 3.05) is 29.9 Å². The molecule has 32 heavy (non-hydrogen) atoms. The Morgan fingerprint density at radius 2 is 1.84 bits per heavy atom. The molecule has 1 atom stereocenters. The van der Waals surface area contributed by atoms with Crippen molar-refractivity contribution in [3.63, 3.8) is 0 Å². The molecule has 2 aromatic carbocycles. The molecule has 0 saturated carbocycles. The number of hydrogen-bond acceptors (Lipinski definition) is 4. The fraction of sp³-hybridized carbons (Fsp3) is 0.417. The molecule has 1 aliphatic heterocycles. The minimum Gasteiger partial charge on any atom is -0.372 e. The topological polar surface area (TPSA) is 65.4 Å². The first-order valence-electron chi connectivity index (χ1n) is 10.4. The van der Waals surface area contributed by atoms with Gasteiger partial charge in [-0.2, -0.15) is 5.26 Å². The number of hydrogen-bond donors (Lipinski definition) is 1. The van der Waals surface area contributed by atoms with E-state index in [9.17, 15) is 23.2 Å². The molecule has 1 aliphatic rings. The first-order valence-corrected chi connectivity index (χ1v) is 10.4. The Hall–Kier alpha value is -3.05. The van der Waals surface area contributed by atoms with Gasteiger partial charge in [-0.3, -0.25) is 4.79 Å². The predicted molar refractivity (Wildman–Crippen MR) is 116 cm³/mol. The number of nitrogens with zero attached hydrogens (tertiary/aromatic N) is 2. The maximum atomic E-state index is 14.9. The normalized spacial score (nSPS) is 16.9. The van der Waals surface area contributed by atoms with Gasteiger partial charge in [0, 0.05) is 31.3 Å². The van der Waals surface area contributed by atoms with Crippen molar-refractivity contribution >= 4 is 17.3 Å². The quantitative estimate of drug-likeness (QED) is 0.692. The van der Waals surface area contributed by atoms with Crippen LogP contribution in [0, 0.1) is 34.2 Å². The third-order valence-corrected chi connectivity index (χ3v) is 5.11. The van der Waals surface area contributed by atoms with Crippen LogP contribution in [-0.4, -0.2) is 25.6 Å². The summed E-state index contributed by atoms with van der Waals surface area (Å²) in [4.78, 5) is 14.1. The van der Waals surface area contributed by atoms with E-state index < -0.39 is 23.6 Å². The zero-order valence-corrected chi connectivity index (χ0v) is 18.3. The lowest BCUT2D eigenvalue weighted by molar-refractivity contribution is -0.117. The van der Waals surface area contributed by atoms with Crippen LogP contribution < -0.4 is 10.2 Å². The molecule has 0 unspecified atom stereocenters. The van der Waals surface area contributed by atoms with Crippen LogP contribution in [0.5, 0.6) is 0 Å². The SMILES string of the molecule is CC(C)(C)CC(=O)Nc1c(F)cc(N2CCO[C@@H](c3cc(F)cc(F)c3)CC2)cc1C#N. The second kappa shape index (κ2) is 9.61. The van der Waals surface area contributed by atoms with Gasteiger partial charge in [0.1, 0.15) is 23.5 Å². The molecule has 1 heterocycles. The Kier molecular flexibility index (Phi) is 7.09. The summed E-state index contributed by atoms with van der Waals surface area (Å²) in [5.41, 5.74) is 0.495. The molecule has 3 rings (SSSR count). The number of nitrogens with one attached hydrogen (secondary N) is 1. The summed E-state index contributed by atoms with van der Waals surface area (Å²) in [6, 6.07) is 8.04. The number of benzene rings is 2. The zero-order chi connectivity index (χ0) is 23.5. The van der Waals surface area contributed by atoms with E-state index in [1.54, 1.807) is 0 Å². The van der Waals surface area contributed by atoms with Crippen LogP contribution in [0.2, 0.25) is 0 Å². The van der Waals surface area contributed by atoms with E-state index in [0.29, 0.717) is 30.8 Å². The molecule has 0 aliphatic carbocycles. The predicted octanol–water partition coefficient (Wildman–Crippen LogP) is 5.32. The minimum atomic E-state index is -0.699. The number of carbonyl (C=O) groups is 1. The lowest BCUT2D eigenvalue weighted by atomic mass is 9.92. The van der Waals surface area contributed by atoms with Gasteiger partial charge in [-0.05, 0) is 41.7 Å². The number of anilines is 2. The van der Waals surface area contributed by atoms with Crippen LogP contribution in [0.25, 0.3) is 0 Å². The maximum Gasteiger partial charge on any atom is 0.225 e. The highest BCUT2D eigenvalue weighted by atomic mass is 19.1. The molecule has 1 saturated heterocycles. The Balaban J connectivity index is 1.77. The van der Waals surface area contributed by atoms with E-state index in [-0.39, 0.29) is 35.6 Å². The van der Waals surface area contributed by atoms with Crippen molar-refractivity contribution in [1.82, 2.24) is 0 Å². The fourth-order valence-electron chi connectivity index (χ4n) is 3.71. The summed E-state index contributed by atoms with van der Waals surface area (Å²) in [6.45, 7) is 6.78. The molecular weight excluding hydrogens is 419 g/mol. The average molecular weight is 445 g/mol. The van der Waals surface area contributed by atoms with Gasteiger partial charge in [-0.1, -0.05) is 20.8 Å². The molecule has 1 N–H and O–H groups in total. The van der Waals surface area contributed by atoms with E-state index in [1.165, 1.54) is 24.3 Å². The van der Waals surface area contributed by atoms with Crippen LogP contribution >= 0.6 is 0 Å². The summed E-state index contributed by atoms with van der Waals surface area (Å²) >= 11 is 0. The largest absolute Gasteiger partial charge is 0.372 e. The average Bonchev–Trinajstić information content (AvgIpc) is 2.93. The second-order valence-electron chi connectivity index (χ2n) is 9.09. The van der Waals surface area contributed by atoms with E-state index >= 15 is 0 Å². The molecule has 1 fully saturated rings. The van der Waals surface area contributed by atoms with E-state index in [1.807, 2.05) is 31.7 Å². The second-order valence-corrected chi connectivity index (χ2v) is 9.09. The number of rotatable bonds is 4. The molecule has 0 radical (unpaired) electrons. The number of halogens is 3. The third kappa shape index (κ3) is 6.01. The van der Waals surface area contributed by atoms with Crippen LogP contribution in [-0.2, 0) is 9.53 Å². The maximum absolute atomic E-state index is 14.9. The summed E-state index contributed by atoms with van der Waals surface area (Å²) in [6.07, 6.45) is 0.113. The van der Waals surface area contributed by atoms with Crippen LogP contribution in [0.1, 0.15) is 50.8 Å². The van der Waals surface area contributed by atoms with Gasteiger partial charge in [0.25, 0.3) is 0 Å². The number of ether oxygens (including phenoxy) is 1. The Morgan fingerprint density at radius 3 is 2.47 bits per heavy atom.